The van der Waals surface area contributed by atoms with Crippen LogP contribution in [0, 0.1) is 11.8 Å². The number of nitrogens with one attached hydrogen (secondary N) is 1. The van der Waals surface area contributed by atoms with Crippen molar-refractivity contribution in [1.82, 2.24) is 5.32 Å². The van der Waals surface area contributed by atoms with Crippen molar-refractivity contribution in [2.24, 2.45) is 11.8 Å². The predicted octanol–water partition coefficient (Wildman–Crippen LogP) is 4.08. The third-order valence-electron chi connectivity index (χ3n) is 6.01. The maximum atomic E-state index is 12.9. The average molecular weight is 419 g/mol. The Labute approximate surface area is 170 Å². The Morgan fingerprint density at radius 3 is 2.50 bits per heavy atom. The van der Waals surface area contributed by atoms with Crippen LogP contribution in [-0.2, 0) is 10.0 Å². The smallest absolute Gasteiger partial charge is 0.264 e. The quantitative estimate of drug-likeness (QED) is 0.795. The molecule has 2 saturated carbocycles. The Bertz CT molecular complexity index is 994. The van der Waals surface area contributed by atoms with E-state index in [-0.39, 0.29) is 16.8 Å². The molecule has 0 aliphatic heterocycles. The fourth-order valence-electron chi connectivity index (χ4n) is 4.44. The normalized spacial score (nSPS) is 23.6. The molecule has 0 radical (unpaired) electrons. The fourth-order valence-corrected chi connectivity index (χ4v) is 5.85. The zero-order valence-corrected chi connectivity index (χ0v) is 17.2. The van der Waals surface area contributed by atoms with Gasteiger partial charge in [-0.15, -0.1) is 0 Å². The van der Waals surface area contributed by atoms with Crippen molar-refractivity contribution in [3.05, 3.63) is 59.1 Å². The summed E-state index contributed by atoms with van der Waals surface area (Å²) in [6.45, 7) is 0. The van der Waals surface area contributed by atoms with Gasteiger partial charge in [0.1, 0.15) is 0 Å². The molecule has 2 aliphatic carbocycles. The van der Waals surface area contributed by atoms with Gasteiger partial charge in [0, 0.05) is 13.1 Å². The van der Waals surface area contributed by atoms with Crippen LogP contribution < -0.4 is 9.62 Å². The molecule has 2 unspecified atom stereocenters. The number of hydrogen-bond acceptors (Lipinski definition) is 3. The molecule has 2 aliphatic rings. The highest BCUT2D eigenvalue weighted by molar-refractivity contribution is 7.92. The van der Waals surface area contributed by atoms with E-state index in [0.717, 1.165) is 12.3 Å². The van der Waals surface area contributed by atoms with Crippen molar-refractivity contribution in [2.45, 2.75) is 36.6 Å². The van der Waals surface area contributed by atoms with Crippen molar-refractivity contribution < 1.29 is 13.2 Å². The maximum Gasteiger partial charge on any atom is 0.264 e. The molecule has 1 N–H and O–H groups in total. The minimum atomic E-state index is -3.72. The first kappa shape index (κ1) is 19.3. The number of hydrogen-bond donors (Lipinski definition) is 1. The summed E-state index contributed by atoms with van der Waals surface area (Å²) in [5.41, 5.74) is 0.698. The molecule has 1 amide bonds. The van der Waals surface area contributed by atoms with Crippen LogP contribution in [0.3, 0.4) is 0 Å². The number of rotatable bonds is 5. The van der Waals surface area contributed by atoms with E-state index in [1.807, 2.05) is 0 Å². The molecule has 2 fully saturated rings. The van der Waals surface area contributed by atoms with E-state index in [2.05, 4.69) is 5.32 Å². The van der Waals surface area contributed by atoms with Gasteiger partial charge in [-0.05, 0) is 61.4 Å². The summed E-state index contributed by atoms with van der Waals surface area (Å²) in [6.07, 6.45) is 4.64. The van der Waals surface area contributed by atoms with Crippen molar-refractivity contribution in [3.8, 4) is 0 Å². The lowest BCUT2D eigenvalue weighted by Gasteiger charge is -2.24. The summed E-state index contributed by atoms with van der Waals surface area (Å²) in [5, 5.41) is 3.43. The summed E-state index contributed by atoms with van der Waals surface area (Å²) < 4.78 is 26.9. The van der Waals surface area contributed by atoms with Gasteiger partial charge >= 0.3 is 0 Å². The second kappa shape index (κ2) is 7.41. The van der Waals surface area contributed by atoms with Crippen LogP contribution in [-0.4, -0.2) is 27.4 Å². The number of nitrogens with zero attached hydrogens (tertiary/aromatic N) is 1. The van der Waals surface area contributed by atoms with Crippen molar-refractivity contribution in [1.29, 1.82) is 0 Å². The van der Waals surface area contributed by atoms with Gasteiger partial charge in [-0.25, -0.2) is 8.42 Å². The van der Waals surface area contributed by atoms with Crippen LogP contribution in [0.1, 0.15) is 36.0 Å². The number of halogens is 1. The van der Waals surface area contributed by atoms with Crippen molar-refractivity contribution >= 4 is 33.2 Å². The van der Waals surface area contributed by atoms with E-state index >= 15 is 0 Å². The summed E-state index contributed by atoms with van der Waals surface area (Å²) in [7, 11) is -2.24. The third-order valence-corrected chi connectivity index (χ3v) is 8.14. The summed E-state index contributed by atoms with van der Waals surface area (Å²) >= 11 is 6.26. The maximum absolute atomic E-state index is 12.9. The van der Waals surface area contributed by atoms with Crippen molar-refractivity contribution in [2.75, 3.05) is 11.4 Å². The molecule has 2 bridgehead atoms. The second-order valence-corrected chi connectivity index (χ2v) is 10.1. The first-order valence-electron chi connectivity index (χ1n) is 9.50. The highest BCUT2D eigenvalue weighted by Crippen LogP contribution is 2.44. The standard InChI is InChI=1S/C21H23ClN2O3S/c1-24(28(26,27)17-5-3-2-4-6-17)16-9-10-19(22)18(13-16)21(25)23-20-12-14-7-8-15(20)11-14/h2-6,9-10,13-15,20H,7-8,11-12H2,1H3,(H,23,25)/t14?,15?,20-/m1/s1. The Kier molecular flexibility index (Phi) is 5.10. The van der Waals surface area contributed by atoms with Gasteiger partial charge in [0.05, 0.1) is 21.2 Å². The lowest BCUT2D eigenvalue weighted by molar-refractivity contribution is 0.0923. The van der Waals surface area contributed by atoms with Gasteiger partial charge in [-0.2, -0.15) is 0 Å². The first-order valence-corrected chi connectivity index (χ1v) is 11.3. The van der Waals surface area contributed by atoms with Crippen LogP contribution in [0.4, 0.5) is 5.69 Å². The molecule has 4 rings (SSSR count). The highest BCUT2D eigenvalue weighted by atomic mass is 35.5. The number of sulfonamides is 1. The van der Waals surface area contributed by atoms with Gasteiger partial charge in [0.25, 0.3) is 15.9 Å². The Morgan fingerprint density at radius 2 is 1.86 bits per heavy atom. The molecule has 0 aromatic heterocycles. The van der Waals surface area contributed by atoms with Crippen LogP contribution in [0.25, 0.3) is 0 Å². The molecule has 0 heterocycles. The molecular formula is C21H23ClN2O3S. The molecule has 28 heavy (non-hydrogen) atoms. The number of amides is 1. The summed E-state index contributed by atoms with van der Waals surface area (Å²) in [4.78, 5) is 13.0. The number of fused-ring (bicyclic) bond motifs is 2. The highest BCUT2D eigenvalue weighted by Gasteiger charge is 2.40. The molecule has 7 heteroatoms. The molecule has 2 aromatic rings. The fraction of sp³-hybridized carbons (Fsp3) is 0.381. The zero-order chi connectivity index (χ0) is 19.9. The van der Waals surface area contributed by atoms with E-state index in [0.29, 0.717) is 22.2 Å². The van der Waals surface area contributed by atoms with Gasteiger partial charge in [0.2, 0.25) is 0 Å². The molecule has 0 spiro atoms. The number of carbonyl (C=O) groups excluding carboxylic acids is 1. The van der Waals surface area contributed by atoms with Gasteiger partial charge in [-0.3, -0.25) is 9.10 Å². The summed E-state index contributed by atoms with van der Waals surface area (Å²) in [5.74, 6) is 1.03. The third kappa shape index (κ3) is 3.51. The molecular weight excluding hydrogens is 396 g/mol. The van der Waals surface area contributed by atoms with E-state index in [4.69, 9.17) is 11.6 Å². The number of carbonyl (C=O) groups is 1. The monoisotopic (exact) mass is 418 g/mol. The Hall–Kier alpha value is -2.05. The average Bonchev–Trinajstić information content (AvgIpc) is 3.31. The van der Waals surface area contributed by atoms with E-state index in [9.17, 15) is 13.2 Å². The largest absolute Gasteiger partial charge is 0.349 e. The first-order chi connectivity index (χ1) is 13.4. The lowest BCUT2D eigenvalue weighted by Crippen LogP contribution is -2.38. The van der Waals surface area contributed by atoms with E-state index in [1.54, 1.807) is 48.5 Å². The van der Waals surface area contributed by atoms with Crippen LogP contribution in [0.15, 0.2) is 53.4 Å². The van der Waals surface area contributed by atoms with E-state index in [1.165, 1.54) is 30.6 Å². The minimum absolute atomic E-state index is 0.191. The van der Waals surface area contributed by atoms with Crippen molar-refractivity contribution in [3.63, 3.8) is 0 Å². The van der Waals surface area contributed by atoms with Crippen LogP contribution in [0.2, 0.25) is 5.02 Å². The van der Waals surface area contributed by atoms with Gasteiger partial charge in [-0.1, -0.05) is 36.2 Å². The summed E-state index contributed by atoms with van der Waals surface area (Å²) in [6, 6.07) is 13.1. The number of anilines is 1. The minimum Gasteiger partial charge on any atom is -0.349 e. The molecule has 0 saturated heterocycles. The van der Waals surface area contributed by atoms with E-state index < -0.39 is 10.0 Å². The second-order valence-electron chi connectivity index (χ2n) is 7.70. The zero-order valence-electron chi connectivity index (χ0n) is 15.6. The molecule has 3 atom stereocenters. The molecule has 148 valence electrons. The number of benzene rings is 2. The SMILES string of the molecule is CN(c1ccc(Cl)c(C(=O)N[C@@H]2CC3CCC2C3)c1)S(=O)(=O)c1ccccc1. The topological polar surface area (TPSA) is 66.5 Å². The van der Waals surface area contributed by atoms with Crippen LogP contribution >= 0.6 is 11.6 Å². The lowest BCUT2D eigenvalue weighted by atomic mass is 9.95. The Morgan fingerprint density at radius 1 is 1.11 bits per heavy atom. The predicted molar refractivity (Wildman–Crippen MR) is 110 cm³/mol. The molecule has 2 aromatic carbocycles. The Balaban J connectivity index is 1.57. The molecule has 5 nitrogen and oxygen atoms in total. The van der Waals surface area contributed by atoms with Crippen LogP contribution in [0.5, 0.6) is 0 Å². The van der Waals surface area contributed by atoms with Gasteiger partial charge < -0.3 is 5.32 Å². The van der Waals surface area contributed by atoms with Gasteiger partial charge in [0.15, 0.2) is 0 Å².